The second kappa shape index (κ2) is 3.91. The number of H-pyrrole nitrogens is 1. The van der Waals surface area contributed by atoms with Gasteiger partial charge >= 0.3 is 5.97 Å². The fraction of sp³-hybridized carbons (Fsp3) is 0.357. The molecule has 17 heavy (non-hydrogen) atoms. The lowest BCUT2D eigenvalue weighted by Gasteiger charge is -2.15. The number of benzene rings is 1. The normalized spacial score (nSPS) is 11.9. The molecular weight excluding hydrogens is 214 g/mol. The number of hydrogen-bond donors (Lipinski definition) is 2. The largest absolute Gasteiger partial charge is 0.481 e. The van der Waals surface area contributed by atoms with Crippen molar-refractivity contribution in [3.8, 4) is 0 Å². The van der Waals surface area contributed by atoms with E-state index in [-0.39, 0.29) is 11.8 Å². The lowest BCUT2D eigenvalue weighted by atomic mass is 9.92. The van der Waals surface area contributed by atoms with Crippen LogP contribution in [0.25, 0.3) is 10.9 Å². The van der Waals surface area contributed by atoms with E-state index >= 15 is 0 Å². The predicted octanol–water partition coefficient (Wildman–Crippen LogP) is 3.09. The van der Waals surface area contributed by atoms with Crippen molar-refractivity contribution < 1.29 is 9.90 Å². The molecule has 3 nitrogen and oxygen atoms in total. The lowest BCUT2D eigenvalue weighted by molar-refractivity contribution is -0.136. The van der Waals surface area contributed by atoms with E-state index in [9.17, 15) is 4.79 Å². The quantitative estimate of drug-likeness (QED) is 0.834. The first kappa shape index (κ1) is 11.7. The molecule has 1 aromatic heterocycles. The highest BCUT2D eigenvalue weighted by Gasteiger charge is 2.16. The van der Waals surface area contributed by atoms with E-state index in [2.05, 4.69) is 31.8 Å². The molecule has 0 aliphatic rings. The number of aromatic amines is 1. The lowest BCUT2D eigenvalue weighted by Crippen LogP contribution is -2.10. The highest BCUT2D eigenvalue weighted by molar-refractivity contribution is 5.82. The zero-order valence-corrected chi connectivity index (χ0v) is 10.4. The standard InChI is InChI=1S/C14H17NO2/c1-14(2,3)12-8-10-6-9(7-13(16)17)4-5-11(10)15-12/h4-6,8,15H,7H2,1-3H3,(H,16,17). The monoisotopic (exact) mass is 231 g/mol. The minimum absolute atomic E-state index is 0.0754. The van der Waals surface area contributed by atoms with Crippen LogP contribution in [0, 0.1) is 0 Å². The van der Waals surface area contributed by atoms with Crippen LogP contribution in [0.1, 0.15) is 32.0 Å². The number of rotatable bonds is 2. The molecule has 2 aromatic rings. The van der Waals surface area contributed by atoms with E-state index in [4.69, 9.17) is 5.11 Å². The van der Waals surface area contributed by atoms with Crippen LogP contribution in [0.15, 0.2) is 24.3 Å². The van der Waals surface area contributed by atoms with Crippen molar-refractivity contribution in [2.24, 2.45) is 0 Å². The van der Waals surface area contributed by atoms with E-state index in [1.54, 1.807) is 0 Å². The highest BCUT2D eigenvalue weighted by Crippen LogP contribution is 2.26. The number of carboxylic acid groups (broad SMARTS) is 1. The Kier molecular flexibility index (Phi) is 2.69. The van der Waals surface area contributed by atoms with Crippen LogP contribution in [0.5, 0.6) is 0 Å². The molecule has 0 aliphatic heterocycles. The summed E-state index contributed by atoms with van der Waals surface area (Å²) in [4.78, 5) is 14.0. The highest BCUT2D eigenvalue weighted by atomic mass is 16.4. The average Bonchev–Trinajstić information content (AvgIpc) is 2.58. The minimum atomic E-state index is -0.795. The topological polar surface area (TPSA) is 53.1 Å². The Morgan fingerprint density at radius 2 is 2.00 bits per heavy atom. The van der Waals surface area contributed by atoms with Gasteiger partial charge in [-0.2, -0.15) is 0 Å². The fourth-order valence-electron chi connectivity index (χ4n) is 1.87. The van der Waals surface area contributed by atoms with Crippen LogP contribution in [-0.2, 0) is 16.6 Å². The molecule has 2 rings (SSSR count). The number of carboxylic acids is 1. The maximum absolute atomic E-state index is 10.7. The molecule has 2 N–H and O–H groups in total. The summed E-state index contributed by atoms with van der Waals surface area (Å²) in [5.41, 5.74) is 3.14. The zero-order chi connectivity index (χ0) is 12.6. The molecule has 0 saturated heterocycles. The van der Waals surface area contributed by atoms with Crippen molar-refractivity contribution in [2.45, 2.75) is 32.6 Å². The molecule has 1 heterocycles. The van der Waals surface area contributed by atoms with Gasteiger partial charge in [0.2, 0.25) is 0 Å². The summed E-state index contributed by atoms with van der Waals surface area (Å²) in [7, 11) is 0. The van der Waals surface area contributed by atoms with Gasteiger partial charge in [0.25, 0.3) is 0 Å². The van der Waals surface area contributed by atoms with Crippen molar-refractivity contribution in [1.29, 1.82) is 0 Å². The van der Waals surface area contributed by atoms with Crippen LogP contribution in [0.2, 0.25) is 0 Å². The number of aromatic nitrogens is 1. The predicted molar refractivity (Wildman–Crippen MR) is 68.3 cm³/mol. The average molecular weight is 231 g/mol. The summed E-state index contributed by atoms with van der Waals surface area (Å²) in [6, 6.07) is 7.85. The second-order valence-electron chi connectivity index (χ2n) is 5.43. The van der Waals surface area contributed by atoms with E-state index in [0.717, 1.165) is 16.5 Å². The SMILES string of the molecule is CC(C)(C)c1cc2cc(CC(=O)O)ccc2[nH]1. The Balaban J connectivity index is 2.44. The Morgan fingerprint density at radius 1 is 1.29 bits per heavy atom. The van der Waals surface area contributed by atoms with Crippen LogP contribution in [-0.4, -0.2) is 16.1 Å². The minimum Gasteiger partial charge on any atom is -0.481 e. The van der Waals surface area contributed by atoms with Gasteiger partial charge in [0.15, 0.2) is 0 Å². The van der Waals surface area contributed by atoms with Gasteiger partial charge in [0.05, 0.1) is 6.42 Å². The molecule has 0 spiro atoms. The third-order valence-corrected chi connectivity index (χ3v) is 2.85. The summed E-state index contributed by atoms with van der Waals surface area (Å²) in [5.74, 6) is -0.795. The van der Waals surface area contributed by atoms with Crippen LogP contribution in [0.3, 0.4) is 0 Å². The van der Waals surface area contributed by atoms with E-state index in [1.807, 2.05) is 18.2 Å². The molecule has 0 bridgehead atoms. The molecule has 3 heteroatoms. The van der Waals surface area contributed by atoms with E-state index in [0.29, 0.717) is 0 Å². The molecule has 0 radical (unpaired) electrons. The first-order valence-electron chi connectivity index (χ1n) is 5.70. The molecular formula is C14H17NO2. The molecule has 90 valence electrons. The molecule has 1 aromatic carbocycles. The van der Waals surface area contributed by atoms with Gasteiger partial charge in [0.1, 0.15) is 0 Å². The Bertz CT molecular complexity index is 561. The molecule has 0 atom stereocenters. The van der Waals surface area contributed by atoms with Crippen molar-refractivity contribution in [1.82, 2.24) is 4.98 Å². The van der Waals surface area contributed by atoms with Gasteiger partial charge in [0, 0.05) is 16.6 Å². The molecule has 0 fully saturated rings. The van der Waals surface area contributed by atoms with Crippen LogP contribution >= 0.6 is 0 Å². The van der Waals surface area contributed by atoms with Crippen molar-refractivity contribution in [2.75, 3.05) is 0 Å². The number of nitrogens with one attached hydrogen (secondary N) is 1. The summed E-state index contributed by atoms with van der Waals surface area (Å²) >= 11 is 0. The summed E-state index contributed by atoms with van der Waals surface area (Å²) in [6.07, 6.45) is 0.0754. The number of hydrogen-bond acceptors (Lipinski definition) is 1. The van der Waals surface area contributed by atoms with Gasteiger partial charge in [-0.05, 0) is 29.1 Å². The Morgan fingerprint density at radius 3 is 2.59 bits per heavy atom. The molecule has 0 aliphatic carbocycles. The van der Waals surface area contributed by atoms with Gasteiger partial charge < -0.3 is 10.1 Å². The van der Waals surface area contributed by atoms with Crippen LogP contribution in [0.4, 0.5) is 0 Å². The maximum Gasteiger partial charge on any atom is 0.307 e. The zero-order valence-electron chi connectivity index (χ0n) is 10.4. The van der Waals surface area contributed by atoms with Crippen molar-refractivity contribution in [3.63, 3.8) is 0 Å². The van der Waals surface area contributed by atoms with Gasteiger partial charge in [-0.1, -0.05) is 26.8 Å². The number of carbonyl (C=O) groups is 1. The summed E-state index contributed by atoms with van der Waals surface area (Å²) in [5, 5.41) is 9.84. The third kappa shape index (κ3) is 2.49. The van der Waals surface area contributed by atoms with E-state index < -0.39 is 5.97 Å². The van der Waals surface area contributed by atoms with Crippen molar-refractivity contribution >= 4 is 16.9 Å². The summed E-state index contributed by atoms with van der Waals surface area (Å²) < 4.78 is 0. The summed E-state index contributed by atoms with van der Waals surface area (Å²) in [6.45, 7) is 6.45. The molecule has 0 unspecified atom stereocenters. The smallest absolute Gasteiger partial charge is 0.307 e. The molecule has 0 amide bonds. The third-order valence-electron chi connectivity index (χ3n) is 2.85. The maximum atomic E-state index is 10.7. The van der Waals surface area contributed by atoms with E-state index in [1.165, 1.54) is 5.69 Å². The van der Waals surface area contributed by atoms with Gasteiger partial charge in [-0.15, -0.1) is 0 Å². The van der Waals surface area contributed by atoms with Crippen molar-refractivity contribution in [3.05, 3.63) is 35.5 Å². The molecule has 0 saturated carbocycles. The fourth-order valence-corrected chi connectivity index (χ4v) is 1.87. The first-order chi connectivity index (χ1) is 7.86. The van der Waals surface area contributed by atoms with Crippen LogP contribution < -0.4 is 0 Å². The number of aliphatic carboxylic acids is 1. The van der Waals surface area contributed by atoms with Gasteiger partial charge in [-0.3, -0.25) is 4.79 Å². The Labute approximate surface area is 100 Å². The first-order valence-corrected chi connectivity index (χ1v) is 5.70. The van der Waals surface area contributed by atoms with Gasteiger partial charge in [-0.25, -0.2) is 0 Å². The second-order valence-corrected chi connectivity index (χ2v) is 5.43. The number of fused-ring (bicyclic) bond motifs is 1. The Hall–Kier alpha value is -1.77.